The minimum Gasteiger partial charge on any atom is -0.460 e. The van der Waals surface area contributed by atoms with Crippen LogP contribution >= 0.6 is 0 Å². The Hall–Kier alpha value is -2.49. The number of hydrogen-bond donors (Lipinski definition) is 1. The summed E-state index contributed by atoms with van der Waals surface area (Å²) in [6.45, 7) is 7.66. The molecule has 160 valence electrons. The number of amides is 2. The summed E-state index contributed by atoms with van der Waals surface area (Å²) in [5.74, 6) is -1.76. The Morgan fingerprint density at radius 2 is 2.14 bits per heavy atom. The van der Waals surface area contributed by atoms with Gasteiger partial charge in [0.05, 0.1) is 25.0 Å². The van der Waals surface area contributed by atoms with Crippen LogP contribution in [0.1, 0.15) is 52.8 Å². The van der Waals surface area contributed by atoms with E-state index in [0.29, 0.717) is 31.8 Å². The van der Waals surface area contributed by atoms with Gasteiger partial charge in [-0.3, -0.25) is 14.4 Å². The third kappa shape index (κ3) is 4.26. The molecule has 1 N–H and O–H groups in total. The number of ether oxygens (including phenoxy) is 1. The molecule has 3 rings (SSSR count). The maximum atomic E-state index is 13.2. The monoisotopic (exact) mass is 408 g/mol. The topological polar surface area (TPSA) is 126 Å². The predicted molar refractivity (Wildman–Crippen MR) is 99.0 cm³/mol. The fraction of sp³-hybridized carbons (Fsp3) is 0.737. The van der Waals surface area contributed by atoms with E-state index in [1.165, 1.54) is 18.2 Å². The van der Waals surface area contributed by atoms with Gasteiger partial charge in [-0.15, -0.1) is 0 Å². The molecule has 10 nitrogen and oxygen atoms in total. The first-order chi connectivity index (χ1) is 13.5. The van der Waals surface area contributed by atoms with E-state index >= 15 is 0 Å². The van der Waals surface area contributed by atoms with Crippen LogP contribution in [0.5, 0.6) is 0 Å². The molecule has 3 unspecified atom stereocenters. The highest BCUT2D eigenvalue weighted by Gasteiger charge is 2.60. The van der Waals surface area contributed by atoms with Crippen molar-refractivity contribution in [1.29, 1.82) is 0 Å². The third-order valence-corrected chi connectivity index (χ3v) is 5.33. The van der Waals surface area contributed by atoms with Crippen molar-refractivity contribution >= 4 is 17.8 Å². The molecular weight excluding hydrogens is 380 g/mol. The van der Waals surface area contributed by atoms with Crippen molar-refractivity contribution in [3.8, 4) is 0 Å². The Balaban J connectivity index is 1.69. The van der Waals surface area contributed by atoms with Crippen LogP contribution < -0.4 is 0 Å². The first-order valence-corrected chi connectivity index (χ1v) is 9.80. The standard InChI is InChI=1S/C19H28N4O6/c1-12(24)13(8-15(25)28-18(2,3)4)16(26)23-7-5-6-19(23)10-22(17(19)27)9-14-20-11-21-29-14/h11-13,24H,5-10H2,1-4H3. The zero-order chi connectivity index (χ0) is 21.4. The normalized spacial score (nSPS) is 23.8. The molecule has 0 radical (unpaired) electrons. The lowest BCUT2D eigenvalue weighted by Crippen LogP contribution is -2.73. The number of carbonyl (C=O) groups excluding carboxylic acids is 3. The summed E-state index contributed by atoms with van der Waals surface area (Å²) in [5, 5.41) is 13.7. The van der Waals surface area contributed by atoms with Crippen LogP contribution in [0, 0.1) is 5.92 Å². The number of aliphatic hydroxyl groups is 1. The quantitative estimate of drug-likeness (QED) is 0.533. The Labute approximate surface area is 169 Å². The van der Waals surface area contributed by atoms with Crippen LogP contribution in [0.15, 0.2) is 10.9 Å². The molecule has 2 aliphatic heterocycles. The zero-order valence-electron chi connectivity index (χ0n) is 17.3. The number of likely N-dealkylation sites (tertiary alicyclic amines) is 2. The van der Waals surface area contributed by atoms with E-state index in [0.717, 1.165) is 0 Å². The molecule has 29 heavy (non-hydrogen) atoms. The van der Waals surface area contributed by atoms with Gasteiger partial charge in [-0.1, -0.05) is 5.16 Å². The minimum absolute atomic E-state index is 0.178. The molecule has 2 fully saturated rings. The Morgan fingerprint density at radius 3 is 2.69 bits per heavy atom. The van der Waals surface area contributed by atoms with Gasteiger partial charge in [-0.25, -0.2) is 0 Å². The number of rotatable bonds is 6. The van der Waals surface area contributed by atoms with Crippen LogP contribution in [-0.4, -0.2) is 73.2 Å². The van der Waals surface area contributed by atoms with Gasteiger partial charge in [-0.05, 0) is 40.5 Å². The molecule has 0 aromatic carbocycles. The molecule has 2 saturated heterocycles. The van der Waals surface area contributed by atoms with E-state index in [2.05, 4.69) is 10.1 Å². The number of carbonyl (C=O) groups is 3. The van der Waals surface area contributed by atoms with Gasteiger partial charge in [0.15, 0.2) is 6.33 Å². The summed E-state index contributed by atoms with van der Waals surface area (Å²) in [5.41, 5.74) is -1.60. The fourth-order valence-electron chi connectivity index (χ4n) is 4.03. The third-order valence-electron chi connectivity index (χ3n) is 5.33. The summed E-state index contributed by atoms with van der Waals surface area (Å²) < 4.78 is 10.2. The highest BCUT2D eigenvalue weighted by Crippen LogP contribution is 2.41. The van der Waals surface area contributed by atoms with E-state index < -0.39 is 35.0 Å². The second kappa shape index (κ2) is 7.74. The molecule has 0 saturated carbocycles. The van der Waals surface area contributed by atoms with E-state index in [1.54, 1.807) is 25.7 Å². The number of hydrogen-bond acceptors (Lipinski definition) is 8. The second-order valence-corrected chi connectivity index (χ2v) is 8.76. The van der Waals surface area contributed by atoms with Crippen molar-refractivity contribution in [3.05, 3.63) is 12.2 Å². The minimum atomic E-state index is -1.04. The highest BCUT2D eigenvalue weighted by molar-refractivity contribution is 5.98. The Kier molecular flexibility index (Phi) is 5.66. The molecule has 3 heterocycles. The lowest BCUT2D eigenvalue weighted by Gasteiger charge is -2.51. The summed E-state index contributed by atoms with van der Waals surface area (Å²) in [7, 11) is 0. The maximum Gasteiger partial charge on any atom is 0.307 e. The fourth-order valence-corrected chi connectivity index (χ4v) is 4.03. The first-order valence-electron chi connectivity index (χ1n) is 9.80. The van der Waals surface area contributed by atoms with Gasteiger partial charge >= 0.3 is 5.97 Å². The van der Waals surface area contributed by atoms with Gasteiger partial charge in [0.25, 0.3) is 5.91 Å². The summed E-state index contributed by atoms with van der Waals surface area (Å²) in [6.07, 6.45) is 1.23. The Bertz CT molecular complexity index is 772. The average molecular weight is 408 g/mol. The maximum absolute atomic E-state index is 13.2. The van der Waals surface area contributed by atoms with Crippen molar-refractivity contribution in [2.45, 2.75) is 70.7 Å². The molecule has 2 amide bonds. The molecule has 0 aliphatic carbocycles. The van der Waals surface area contributed by atoms with Crippen molar-refractivity contribution < 1.29 is 28.8 Å². The Morgan fingerprint density at radius 1 is 1.41 bits per heavy atom. The van der Waals surface area contributed by atoms with E-state index in [4.69, 9.17) is 9.26 Å². The smallest absolute Gasteiger partial charge is 0.307 e. The molecule has 0 bridgehead atoms. The first kappa shape index (κ1) is 21.2. The van der Waals surface area contributed by atoms with Crippen molar-refractivity contribution in [2.75, 3.05) is 13.1 Å². The molecule has 1 spiro atoms. The van der Waals surface area contributed by atoms with Crippen LogP contribution in [0.2, 0.25) is 0 Å². The number of aliphatic hydroxyl groups excluding tert-OH is 1. The number of aromatic nitrogens is 2. The second-order valence-electron chi connectivity index (χ2n) is 8.76. The lowest BCUT2D eigenvalue weighted by atomic mass is 9.84. The number of nitrogens with zero attached hydrogens (tertiary/aromatic N) is 4. The lowest BCUT2D eigenvalue weighted by molar-refractivity contribution is -0.173. The number of esters is 1. The van der Waals surface area contributed by atoms with Crippen molar-refractivity contribution in [3.63, 3.8) is 0 Å². The predicted octanol–water partition coefficient (Wildman–Crippen LogP) is 0.502. The van der Waals surface area contributed by atoms with E-state index in [9.17, 15) is 19.5 Å². The van der Waals surface area contributed by atoms with Crippen LogP contribution in [0.4, 0.5) is 0 Å². The molecule has 1 aromatic rings. The van der Waals surface area contributed by atoms with E-state index in [1.807, 2.05) is 0 Å². The van der Waals surface area contributed by atoms with Crippen LogP contribution in [0.25, 0.3) is 0 Å². The molecule has 2 aliphatic rings. The molecular formula is C19H28N4O6. The van der Waals surface area contributed by atoms with Gasteiger partial charge in [0, 0.05) is 6.54 Å². The largest absolute Gasteiger partial charge is 0.460 e. The molecule has 10 heteroatoms. The molecule has 1 aromatic heterocycles. The van der Waals surface area contributed by atoms with Crippen LogP contribution in [-0.2, 0) is 25.7 Å². The highest BCUT2D eigenvalue weighted by atomic mass is 16.6. The summed E-state index contributed by atoms with van der Waals surface area (Å²) in [4.78, 5) is 45.4. The van der Waals surface area contributed by atoms with Gasteiger partial charge in [0.1, 0.15) is 17.7 Å². The number of β-lactam (4-membered cyclic amide) rings is 1. The van der Waals surface area contributed by atoms with Crippen molar-refractivity contribution in [1.82, 2.24) is 19.9 Å². The molecule has 3 atom stereocenters. The van der Waals surface area contributed by atoms with Gasteiger partial charge in [0.2, 0.25) is 11.8 Å². The van der Waals surface area contributed by atoms with Crippen molar-refractivity contribution in [2.24, 2.45) is 5.92 Å². The van der Waals surface area contributed by atoms with Gasteiger partial charge in [-0.2, -0.15) is 4.98 Å². The average Bonchev–Trinajstić information content (AvgIpc) is 3.27. The van der Waals surface area contributed by atoms with Crippen LogP contribution in [0.3, 0.4) is 0 Å². The summed E-state index contributed by atoms with van der Waals surface area (Å²) in [6, 6.07) is 0. The SMILES string of the molecule is CC(O)C(CC(=O)OC(C)(C)C)C(=O)N1CCCC12CN(Cc1ncno1)C2=O. The van der Waals surface area contributed by atoms with Gasteiger partial charge < -0.3 is 24.2 Å². The zero-order valence-corrected chi connectivity index (χ0v) is 17.3. The summed E-state index contributed by atoms with van der Waals surface area (Å²) >= 11 is 0. The van der Waals surface area contributed by atoms with E-state index in [-0.39, 0.29) is 18.9 Å².